The van der Waals surface area contributed by atoms with Crippen molar-refractivity contribution in [3.63, 3.8) is 0 Å². The molecule has 0 fully saturated rings. The molecule has 0 amide bonds. The second kappa shape index (κ2) is 7.87. The van der Waals surface area contributed by atoms with E-state index in [0.717, 1.165) is 16.8 Å². The third-order valence-electron chi connectivity index (χ3n) is 3.66. The summed E-state index contributed by atoms with van der Waals surface area (Å²) in [5.74, 6) is 0.647. The van der Waals surface area contributed by atoms with Crippen LogP contribution < -0.4 is 10.6 Å². The second-order valence-corrected chi connectivity index (χ2v) is 6.72. The highest BCUT2D eigenvalue weighted by molar-refractivity contribution is 7.80. The number of hydrogen-bond acceptors (Lipinski definition) is 2. The molecule has 0 bridgehead atoms. The van der Waals surface area contributed by atoms with Crippen molar-refractivity contribution in [2.75, 3.05) is 10.6 Å². The number of rotatable bonds is 4. The zero-order valence-corrected chi connectivity index (χ0v) is 15.8. The lowest BCUT2D eigenvalue weighted by Gasteiger charge is -2.11. The Hall–Kier alpha value is -2.08. The quantitative estimate of drug-likeness (QED) is 0.588. The van der Waals surface area contributed by atoms with Crippen molar-refractivity contribution in [1.82, 2.24) is 9.78 Å². The van der Waals surface area contributed by atoms with E-state index >= 15 is 0 Å². The van der Waals surface area contributed by atoms with Crippen LogP contribution >= 0.6 is 35.4 Å². The number of anilines is 2. The Morgan fingerprint density at radius 1 is 1.04 bits per heavy atom. The van der Waals surface area contributed by atoms with Gasteiger partial charge in [0.05, 0.1) is 6.54 Å². The van der Waals surface area contributed by atoms with Crippen LogP contribution in [0.25, 0.3) is 0 Å². The van der Waals surface area contributed by atoms with Crippen LogP contribution in [0.2, 0.25) is 10.0 Å². The number of nitrogens with one attached hydrogen (secondary N) is 2. The second-order valence-electron chi connectivity index (χ2n) is 5.49. The average Bonchev–Trinajstić information content (AvgIpc) is 3.00. The zero-order chi connectivity index (χ0) is 17.8. The van der Waals surface area contributed by atoms with Gasteiger partial charge in [0.15, 0.2) is 10.9 Å². The lowest BCUT2D eigenvalue weighted by atomic mass is 10.2. The normalized spacial score (nSPS) is 10.5. The summed E-state index contributed by atoms with van der Waals surface area (Å²) < 4.78 is 1.76. The van der Waals surface area contributed by atoms with Crippen molar-refractivity contribution in [2.24, 2.45) is 0 Å². The van der Waals surface area contributed by atoms with Gasteiger partial charge < -0.3 is 10.6 Å². The van der Waals surface area contributed by atoms with Crippen LogP contribution in [0.1, 0.15) is 11.1 Å². The molecule has 0 aliphatic heterocycles. The van der Waals surface area contributed by atoms with Crippen molar-refractivity contribution < 1.29 is 0 Å². The van der Waals surface area contributed by atoms with Gasteiger partial charge in [0.2, 0.25) is 0 Å². The predicted molar refractivity (Wildman–Crippen MR) is 109 cm³/mol. The number of halogens is 2. The van der Waals surface area contributed by atoms with Gasteiger partial charge in [-0.15, -0.1) is 0 Å². The van der Waals surface area contributed by atoms with Crippen molar-refractivity contribution in [3.8, 4) is 0 Å². The van der Waals surface area contributed by atoms with Gasteiger partial charge in [-0.05, 0) is 42.9 Å². The molecule has 2 N–H and O–H groups in total. The highest BCUT2D eigenvalue weighted by Gasteiger charge is 2.08. The van der Waals surface area contributed by atoms with E-state index in [1.807, 2.05) is 61.7 Å². The van der Waals surface area contributed by atoms with Crippen molar-refractivity contribution in [1.29, 1.82) is 0 Å². The Morgan fingerprint density at radius 3 is 2.48 bits per heavy atom. The number of aromatic nitrogens is 2. The van der Waals surface area contributed by atoms with Gasteiger partial charge in [-0.3, -0.25) is 4.68 Å². The van der Waals surface area contributed by atoms with Gasteiger partial charge >= 0.3 is 0 Å². The standard InChI is InChI=1S/C18H16Cl2N4S/c1-12-5-2-3-8-16(12)21-18(25)22-17-9-10-24(23-17)11-13-14(19)6-4-7-15(13)20/h2-10H,11H2,1H3,(H2,21,22,23,25). The monoisotopic (exact) mass is 390 g/mol. The molecule has 2 aromatic carbocycles. The Bertz CT molecular complexity index is 887. The molecule has 0 saturated heterocycles. The fourth-order valence-corrected chi connectivity index (χ4v) is 3.08. The number of hydrogen-bond donors (Lipinski definition) is 2. The van der Waals surface area contributed by atoms with Crippen molar-refractivity contribution in [3.05, 3.63) is 75.9 Å². The molecule has 25 heavy (non-hydrogen) atoms. The summed E-state index contributed by atoms with van der Waals surface area (Å²) in [4.78, 5) is 0. The maximum atomic E-state index is 6.20. The van der Waals surface area contributed by atoms with E-state index < -0.39 is 0 Å². The molecule has 0 aliphatic rings. The summed E-state index contributed by atoms with van der Waals surface area (Å²) in [6.07, 6.45) is 1.85. The van der Waals surface area contributed by atoms with Crippen LogP contribution in [0.5, 0.6) is 0 Å². The smallest absolute Gasteiger partial charge is 0.176 e. The molecule has 0 radical (unpaired) electrons. The van der Waals surface area contributed by atoms with Crippen LogP contribution in [0.4, 0.5) is 11.5 Å². The summed E-state index contributed by atoms with van der Waals surface area (Å²) >= 11 is 17.8. The molecule has 4 nitrogen and oxygen atoms in total. The van der Waals surface area contributed by atoms with Gasteiger partial charge in [0.1, 0.15) is 0 Å². The number of aryl methyl sites for hydroxylation is 1. The summed E-state index contributed by atoms with van der Waals surface area (Å²) in [6.45, 7) is 2.51. The molecule has 7 heteroatoms. The van der Waals surface area contributed by atoms with E-state index in [1.165, 1.54) is 0 Å². The maximum absolute atomic E-state index is 6.20. The molecule has 1 aromatic heterocycles. The van der Waals surface area contributed by atoms with E-state index in [-0.39, 0.29) is 0 Å². The minimum absolute atomic E-state index is 0.482. The third-order valence-corrected chi connectivity index (χ3v) is 4.57. The van der Waals surface area contributed by atoms with E-state index in [4.69, 9.17) is 35.4 Å². The minimum Gasteiger partial charge on any atom is -0.332 e. The molecule has 128 valence electrons. The topological polar surface area (TPSA) is 41.9 Å². The Balaban J connectivity index is 1.66. The molecule has 3 rings (SSSR count). The predicted octanol–water partition coefficient (Wildman–Crippen LogP) is 5.36. The number of para-hydroxylation sites is 1. The van der Waals surface area contributed by atoms with Gasteiger partial charge in [0.25, 0.3) is 0 Å². The highest BCUT2D eigenvalue weighted by Crippen LogP contribution is 2.25. The summed E-state index contributed by atoms with van der Waals surface area (Å²) in [5, 5.41) is 12.4. The lowest BCUT2D eigenvalue weighted by molar-refractivity contribution is 0.690. The molecule has 1 heterocycles. The Kier molecular flexibility index (Phi) is 5.58. The van der Waals surface area contributed by atoms with Crippen LogP contribution in [-0.4, -0.2) is 14.9 Å². The molecule has 3 aromatic rings. The van der Waals surface area contributed by atoms with Crippen molar-refractivity contribution >= 4 is 52.0 Å². The highest BCUT2D eigenvalue weighted by atomic mass is 35.5. The van der Waals surface area contributed by atoms with E-state index in [9.17, 15) is 0 Å². The molecule has 0 spiro atoms. The first kappa shape index (κ1) is 17.7. The molecule has 0 aliphatic carbocycles. The Labute approximate surface area is 161 Å². The number of benzene rings is 2. The van der Waals surface area contributed by atoms with E-state index in [1.54, 1.807) is 4.68 Å². The van der Waals surface area contributed by atoms with Gasteiger partial charge in [-0.2, -0.15) is 5.10 Å². The Morgan fingerprint density at radius 2 is 1.76 bits per heavy atom. The summed E-state index contributed by atoms with van der Waals surface area (Å²) in [7, 11) is 0. The van der Waals surface area contributed by atoms with E-state index in [0.29, 0.717) is 27.5 Å². The maximum Gasteiger partial charge on any atom is 0.176 e. The van der Waals surface area contributed by atoms with Crippen LogP contribution in [-0.2, 0) is 6.54 Å². The third kappa shape index (κ3) is 4.51. The summed E-state index contributed by atoms with van der Waals surface area (Å²) in [6, 6.07) is 15.2. The fraction of sp³-hybridized carbons (Fsp3) is 0.111. The first-order valence-electron chi connectivity index (χ1n) is 7.63. The number of thiocarbonyl (C=S) groups is 1. The van der Waals surface area contributed by atoms with Crippen molar-refractivity contribution in [2.45, 2.75) is 13.5 Å². The first-order chi connectivity index (χ1) is 12.0. The number of nitrogens with zero attached hydrogens (tertiary/aromatic N) is 2. The lowest BCUT2D eigenvalue weighted by Crippen LogP contribution is -2.20. The van der Waals surface area contributed by atoms with Gasteiger partial charge in [-0.25, -0.2) is 0 Å². The SMILES string of the molecule is Cc1ccccc1NC(=S)Nc1ccn(Cc2c(Cl)cccc2Cl)n1. The zero-order valence-electron chi connectivity index (χ0n) is 13.5. The van der Waals surface area contributed by atoms with Gasteiger partial charge in [-0.1, -0.05) is 47.5 Å². The first-order valence-corrected chi connectivity index (χ1v) is 8.79. The van der Waals surface area contributed by atoms with E-state index in [2.05, 4.69) is 15.7 Å². The van der Waals surface area contributed by atoms with Gasteiger partial charge in [0, 0.05) is 33.6 Å². The molecule has 0 saturated carbocycles. The molecule has 0 unspecified atom stereocenters. The summed E-state index contributed by atoms with van der Waals surface area (Å²) in [5.41, 5.74) is 2.91. The molecular formula is C18H16Cl2N4S. The van der Waals surface area contributed by atoms with Crippen LogP contribution in [0.3, 0.4) is 0 Å². The van der Waals surface area contributed by atoms with Crippen LogP contribution in [0, 0.1) is 6.92 Å². The van der Waals surface area contributed by atoms with Crippen LogP contribution in [0.15, 0.2) is 54.7 Å². The molecular weight excluding hydrogens is 375 g/mol. The average molecular weight is 391 g/mol. The molecule has 0 atom stereocenters. The largest absolute Gasteiger partial charge is 0.332 e. The minimum atomic E-state index is 0.482. The fourth-order valence-electron chi connectivity index (χ4n) is 2.34.